The first-order valence-corrected chi connectivity index (χ1v) is 7.76. The molecule has 1 aliphatic heterocycles. The molecule has 1 saturated heterocycles. The molecular weight excluding hydrogens is 270 g/mol. The van der Waals surface area contributed by atoms with E-state index in [-0.39, 0.29) is 23.2 Å². The SMILES string of the molecule is CC1(C)CCCC(NC(=O)C2(C(N)=NO)CCOCC2)C1. The number of amides is 1. The molecule has 0 aromatic rings. The second kappa shape index (κ2) is 6.22. The van der Waals surface area contributed by atoms with E-state index in [9.17, 15) is 4.79 Å². The number of carbonyl (C=O) groups is 1. The van der Waals surface area contributed by atoms with Gasteiger partial charge in [0.05, 0.1) is 0 Å². The van der Waals surface area contributed by atoms with E-state index in [0.717, 1.165) is 19.3 Å². The quantitative estimate of drug-likeness (QED) is 0.319. The Morgan fingerprint density at radius 2 is 2.00 bits per heavy atom. The Labute approximate surface area is 126 Å². The van der Waals surface area contributed by atoms with Gasteiger partial charge in [0.25, 0.3) is 0 Å². The average molecular weight is 297 g/mol. The predicted octanol–water partition coefficient (Wildman–Crippen LogP) is 1.61. The molecule has 2 aliphatic rings. The molecule has 0 aromatic heterocycles. The zero-order chi connectivity index (χ0) is 15.5. The van der Waals surface area contributed by atoms with Crippen LogP contribution in [0.3, 0.4) is 0 Å². The van der Waals surface area contributed by atoms with Crippen LogP contribution in [-0.2, 0) is 9.53 Å². The maximum absolute atomic E-state index is 12.8. The van der Waals surface area contributed by atoms with Crippen LogP contribution in [0, 0.1) is 10.8 Å². The molecule has 4 N–H and O–H groups in total. The normalized spacial score (nSPS) is 28.9. The van der Waals surface area contributed by atoms with Crippen molar-refractivity contribution in [3.8, 4) is 0 Å². The molecule has 0 radical (unpaired) electrons. The van der Waals surface area contributed by atoms with Crippen molar-refractivity contribution in [3.05, 3.63) is 0 Å². The first-order chi connectivity index (χ1) is 9.89. The molecular formula is C15H27N3O3. The number of rotatable bonds is 3. The number of nitrogens with zero attached hydrogens (tertiary/aromatic N) is 1. The fourth-order valence-electron chi connectivity index (χ4n) is 3.56. The van der Waals surface area contributed by atoms with Crippen LogP contribution in [0.1, 0.15) is 52.4 Å². The van der Waals surface area contributed by atoms with Gasteiger partial charge >= 0.3 is 0 Å². The summed E-state index contributed by atoms with van der Waals surface area (Å²) in [6.45, 7) is 5.39. The molecule has 120 valence electrons. The number of nitrogens with one attached hydrogen (secondary N) is 1. The maximum atomic E-state index is 12.8. The molecule has 1 saturated carbocycles. The smallest absolute Gasteiger partial charge is 0.234 e. The summed E-state index contributed by atoms with van der Waals surface area (Å²) in [4.78, 5) is 12.8. The number of amidine groups is 1. The molecule has 1 heterocycles. The van der Waals surface area contributed by atoms with Crippen molar-refractivity contribution >= 4 is 11.7 Å². The van der Waals surface area contributed by atoms with Crippen molar-refractivity contribution < 1.29 is 14.7 Å². The molecule has 6 heteroatoms. The maximum Gasteiger partial charge on any atom is 0.234 e. The van der Waals surface area contributed by atoms with Crippen molar-refractivity contribution in [3.63, 3.8) is 0 Å². The lowest BCUT2D eigenvalue weighted by atomic mass is 9.74. The Morgan fingerprint density at radius 3 is 2.57 bits per heavy atom. The first-order valence-electron chi connectivity index (χ1n) is 7.76. The van der Waals surface area contributed by atoms with Gasteiger partial charge in [0.1, 0.15) is 5.41 Å². The van der Waals surface area contributed by atoms with Gasteiger partial charge in [-0.2, -0.15) is 0 Å². The first kappa shape index (κ1) is 16.1. The van der Waals surface area contributed by atoms with Crippen molar-refractivity contribution in [1.29, 1.82) is 0 Å². The standard InChI is InChI=1S/C15H27N3O3/c1-14(2)5-3-4-11(10-14)17-13(19)15(12(16)18-20)6-8-21-9-7-15/h11,20H,3-10H2,1-2H3,(H2,16,18)(H,17,19). The third kappa shape index (κ3) is 3.48. The van der Waals surface area contributed by atoms with Crippen LogP contribution in [0.4, 0.5) is 0 Å². The average Bonchev–Trinajstić information content (AvgIpc) is 2.46. The molecule has 0 spiro atoms. The highest BCUT2D eigenvalue weighted by Crippen LogP contribution is 2.36. The van der Waals surface area contributed by atoms with Gasteiger partial charge < -0.3 is 21.0 Å². The molecule has 1 aliphatic carbocycles. The minimum atomic E-state index is -0.922. The summed E-state index contributed by atoms with van der Waals surface area (Å²) >= 11 is 0. The van der Waals surface area contributed by atoms with E-state index < -0.39 is 5.41 Å². The highest BCUT2D eigenvalue weighted by molar-refractivity contribution is 6.06. The summed E-state index contributed by atoms with van der Waals surface area (Å²) in [6, 6.07) is 0.174. The van der Waals surface area contributed by atoms with Gasteiger partial charge in [-0.1, -0.05) is 25.4 Å². The minimum absolute atomic E-state index is 0.00151. The second-order valence-corrected chi connectivity index (χ2v) is 7.11. The van der Waals surface area contributed by atoms with E-state index in [1.54, 1.807) is 0 Å². The van der Waals surface area contributed by atoms with Crippen molar-refractivity contribution in [2.45, 2.75) is 58.4 Å². The molecule has 0 aromatic carbocycles. The summed E-state index contributed by atoms with van der Waals surface area (Å²) in [5.41, 5.74) is 5.16. The molecule has 0 bridgehead atoms. The molecule has 21 heavy (non-hydrogen) atoms. The van der Waals surface area contributed by atoms with Crippen molar-refractivity contribution in [2.24, 2.45) is 21.7 Å². The van der Waals surface area contributed by atoms with Gasteiger partial charge in [-0.15, -0.1) is 0 Å². The summed E-state index contributed by atoms with van der Waals surface area (Å²) in [6.07, 6.45) is 5.21. The molecule has 1 atom stereocenters. The fraction of sp³-hybridized carbons (Fsp3) is 0.867. The minimum Gasteiger partial charge on any atom is -0.409 e. The van der Waals surface area contributed by atoms with E-state index in [2.05, 4.69) is 24.3 Å². The van der Waals surface area contributed by atoms with Crippen molar-refractivity contribution in [1.82, 2.24) is 5.32 Å². The van der Waals surface area contributed by atoms with E-state index in [1.165, 1.54) is 6.42 Å². The lowest BCUT2D eigenvalue weighted by molar-refractivity contribution is -0.132. The predicted molar refractivity (Wildman–Crippen MR) is 80.1 cm³/mol. The number of nitrogens with two attached hydrogens (primary N) is 1. The number of hydrogen-bond donors (Lipinski definition) is 3. The lowest BCUT2D eigenvalue weighted by Crippen LogP contribution is -2.55. The topological polar surface area (TPSA) is 96.9 Å². The molecule has 1 amide bonds. The molecule has 2 rings (SSSR count). The fourth-order valence-corrected chi connectivity index (χ4v) is 3.56. The summed E-state index contributed by atoms with van der Waals surface area (Å²) in [5.74, 6) is -0.123. The van der Waals surface area contributed by atoms with Gasteiger partial charge in [0.2, 0.25) is 5.91 Å². The van der Waals surface area contributed by atoms with Crippen LogP contribution in [0.15, 0.2) is 5.16 Å². The Balaban J connectivity index is 2.08. The molecule has 6 nitrogen and oxygen atoms in total. The number of carbonyl (C=O) groups excluding carboxylic acids is 1. The third-order valence-electron chi connectivity index (χ3n) is 4.92. The number of ether oxygens (including phenoxy) is 1. The van der Waals surface area contributed by atoms with Crippen molar-refractivity contribution in [2.75, 3.05) is 13.2 Å². The second-order valence-electron chi connectivity index (χ2n) is 7.11. The summed E-state index contributed by atoms with van der Waals surface area (Å²) in [5, 5.41) is 15.3. The van der Waals surface area contributed by atoms with Gasteiger partial charge in [-0.05, 0) is 37.5 Å². The van der Waals surface area contributed by atoms with Crippen LogP contribution < -0.4 is 11.1 Å². The van der Waals surface area contributed by atoms with Gasteiger partial charge in [0.15, 0.2) is 5.84 Å². The molecule has 1 unspecified atom stereocenters. The van der Waals surface area contributed by atoms with Crippen LogP contribution in [0.5, 0.6) is 0 Å². The van der Waals surface area contributed by atoms with Gasteiger partial charge in [-0.25, -0.2) is 0 Å². The van der Waals surface area contributed by atoms with E-state index in [4.69, 9.17) is 15.7 Å². The Hall–Kier alpha value is -1.30. The zero-order valence-electron chi connectivity index (χ0n) is 13.0. The van der Waals surface area contributed by atoms with E-state index >= 15 is 0 Å². The Morgan fingerprint density at radius 1 is 1.33 bits per heavy atom. The van der Waals surface area contributed by atoms with Crippen LogP contribution in [0.2, 0.25) is 0 Å². The highest BCUT2D eigenvalue weighted by atomic mass is 16.5. The Bertz CT molecular complexity index is 414. The zero-order valence-corrected chi connectivity index (χ0v) is 13.0. The van der Waals surface area contributed by atoms with Crippen LogP contribution >= 0.6 is 0 Å². The Kier molecular flexibility index (Phi) is 4.76. The lowest BCUT2D eigenvalue weighted by Gasteiger charge is -2.39. The van der Waals surface area contributed by atoms with E-state index in [0.29, 0.717) is 26.1 Å². The molecule has 2 fully saturated rings. The number of oxime groups is 1. The largest absolute Gasteiger partial charge is 0.409 e. The van der Waals surface area contributed by atoms with Crippen LogP contribution in [-0.4, -0.2) is 36.2 Å². The summed E-state index contributed by atoms with van der Waals surface area (Å²) < 4.78 is 5.32. The monoisotopic (exact) mass is 297 g/mol. The summed E-state index contributed by atoms with van der Waals surface area (Å²) in [7, 11) is 0. The number of hydrogen-bond acceptors (Lipinski definition) is 4. The van der Waals surface area contributed by atoms with E-state index in [1.807, 2.05) is 0 Å². The van der Waals surface area contributed by atoms with Gasteiger partial charge in [-0.3, -0.25) is 4.79 Å². The van der Waals surface area contributed by atoms with Gasteiger partial charge in [0, 0.05) is 19.3 Å². The van der Waals surface area contributed by atoms with Crippen LogP contribution in [0.25, 0.3) is 0 Å². The third-order valence-corrected chi connectivity index (χ3v) is 4.92. The highest BCUT2D eigenvalue weighted by Gasteiger charge is 2.45.